The maximum atomic E-state index is 11.6. The molecule has 0 aliphatic rings. The number of benzene rings is 1. The number of nitrogens with two attached hydrogens (primary N) is 1. The second-order valence-electron chi connectivity index (χ2n) is 4.84. The van der Waals surface area contributed by atoms with Gasteiger partial charge in [-0.15, -0.1) is 0 Å². The number of unbranched alkanes of at least 4 members (excludes halogenated alkanes) is 3. The third-order valence-electron chi connectivity index (χ3n) is 2.99. The molecular formula is C14H20N4O4S. The van der Waals surface area contributed by atoms with E-state index in [2.05, 4.69) is 15.6 Å². The molecule has 0 radical (unpaired) electrons. The van der Waals surface area contributed by atoms with Crippen LogP contribution in [0.4, 0.5) is 10.5 Å². The zero-order valence-corrected chi connectivity index (χ0v) is 13.4. The number of hydrogen-bond donors (Lipinski definition) is 3. The molecular weight excluding hydrogens is 320 g/mol. The summed E-state index contributed by atoms with van der Waals surface area (Å²) in [5.74, 6) is 0. The van der Waals surface area contributed by atoms with Gasteiger partial charge in [-0.3, -0.25) is 0 Å². The van der Waals surface area contributed by atoms with Crippen molar-refractivity contribution in [1.29, 1.82) is 0 Å². The minimum Gasteiger partial charge on any atom is -0.338 e. The number of urea groups is 1. The highest BCUT2D eigenvalue weighted by atomic mass is 32.2. The fourth-order valence-corrected chi connectivity index (χ4v) is 2.34. The summed E-state index contributed by atoms with van der Waals surface area (Å²) in [4.78, 5) is 24.9. The molecule has 0 saturated carbocycles. The first kappa shape index (κ1) is 18.8. The Morgan fingerprint density at radius 2 is 1.78 bits per heavy atom. The molecule has 0 fully saturated rings. The highest BCUT2D eigenvalue weighted by Crippen LogP contribution is 2.12. The van der Waals surface area contributed by atoms with Crippen LogP contribution in [0.5, 0.6) is 0 Å². The third-order valence-corrected chi connectivity index (χ3v) is 3.92. The van der Waals surface area contributed by atoms with Gasteiger partial charge in [0.2, 0.25) is 16.1 Å². The second kappa shape index (κ2) is 9.73. The molecule has 0 aromatic heterocycles. The lowest BCUT2D eigenvalue weighted by Crippen LogP contribution is -2.29. The summed E-state index contributed by atoms with van der Waals surface area (Å²) in [6.07, 6.45) is 5.00. The molecule has 0 unspecified atom stereocenters. The first-order valence-electron chi connectivity index (χ1n) is 7.15. The number of aliphatic imine (C=N–C) groups is 1. The van der Waals surface area contributed by atoms with Crippen LogP contribution >= 0.6 is 0 Å². The normalized spacial score (nSPS) is 10.7. The van der Waals surface area contributed by atoms with Crippen LogP contribution in [-0.4, -0.2) is 33.6 Å². The number of carbonyl (C=O) groups is 1. The summed E-state index contributed by atoms with van der Waals surface area (Å²) in [7, 11) is -3.73. The van der Waals surface area contributed by atoms with E-state index < -0.39 is 10.0 Å². The van der Waals surface area contributed by atoms with Gasteiger partial charge in [0.15, 0.2) is 0 Å². The van der Waals surface area contributed by atoms with Gasteiger partial charge < -0.3 is 10.6 Å². The van der Waals surface area contributed by atoms with Crippen LogP contribution in [0.3, 0.4) is 0 Å². The molecule has 0 aliphatic carbocycles. The number of carbonyl (C=O) groups excluding carboxylic acids is 2. The molecule has 0 atom stereocenters. The van der Waals surface area contributed by atoms with Crippen LogP contribution in [-0.2, 0) is 14.8 Å². The van der Waals surface area contributed by atoms with Crippen molar-refractivity contribution >= 4 is 27.8 Å². The number of nitrogens with one attached hydrogen (secondary N) is 2. The lowest BCUT2D eigenvalue weighted by Gasteiger charge is -2.08. The first-order chi connectivity index (χ1) is 10.9. The van der Waals surface area contributed by atoms with Crippen LogP contribution in [0.25, 0.3) is 0 Å². The topological polar surface area (TPSA) is 131 Å². The molecule has 1 aromatic rings. The number of nitrogens with zero attached hydrogens (tertiary/aromatic N) is 1. The van der Waals surface area contributed by atoms with Gasteiger partial charge in [-0.1, -0.05) is 12.8 Å². The van der Waals surface area contributed by atoms with Crippen molar-refractivity contribution in [2.75, 3.05) is 18.4 Å². The Morgan fingerprint density at radius 3 is 2.39 bits per heavy atom. The summed E-state index contributed by atoms with van der Waals surface area (Å²) in [5.41, 5.74) is 0.474. The van der Waals surface area contributed by atoms with Crippen LogP contribution < -0.4 is 15.8 Å². The maximum Gasteiger partial charge on any atom is 0.319 e. The largest absolute Gasteiger partial charge is 0.338 e. The highest BCUT2D eigenvalue weighted by molar-refractivity contribution is 7.89. The zero-order chi connectivity index (χ0) is 17.1. The van der Waals surface area contributed by atoms with E-state index in [-0.39, 0.29) is 10.9 Å². The van der Waals surface area contributed by atoms with Gasteiger partial charge in [0.25, 0.3) is 0 Å². The van der Waals surface area contributed by atoms with E-state index in [1.807, 2.05) is 0 Å². The number of sulfonamides is 1. The Morgan fingerprint density at radius 1 is 1.13 bits per heavy atom. The summed E-state index contributed by atoms with van der Waals surface area (Å²) in [5, 5.41) is 10.3. The van der Waals surface area contributed by atoms with Crippen LogP contribution in [0.1, 0.15) is 25.7 Å². The van der Waals surface area contributed by atoms with Crippen LogP contribution in [0.15, 0.2) is 34.2 Å². The van der Waals surface area contributed by atoms with Gasteiger partial charge in [0.05, 0.1) is 11.4 Å². The van der Waals surface area contributed by atoms with Crippen molar-refractivity contribution in [2.45, 2.75) is 30.6 Å². The average Bonchev–Trinajstić information content (AvgIpc) is 2.49. The molecule has 0 heterocycles. The minimum absolute atomic E-state index is 0.0117. The van der Waals surface area contributed by atoms with Gasteiger partial charge in [-0.2, -0.15) is 0 Å². The first-order valence-corrected chi connectivity index (χ1v) is 8.69. The summed E-state index contributed by atoms with van der Waals surface area (Å²) in [6, 6.07) is 5.22. The molecule has 9 heteroatoms. The molecule has 1 rings (SSSR count). The van der Waals surface area contributed by atoms with Gasteiger partial charge in [-0.25, -0.2) is 28.1 Å². The Hall–Kier alpha value is -2.22. The highest BCUT2D eigenvalue weighted by Gasteiger charge is 2.07. The number of hydrogen-bond acceptors (Lipinski definition) is 5. The van der Waals surface area contributed by atoms with E-state index in [1.165, 1.54) is 30.3 Å². The fraction of sp³-hybridized carbons (Fsp3) is 0.429. The van der Waals surface area contributed by atoms with Crippen molar-refractivity contribution in [1.82, 2.24) is 5.32 Å². The smallest absolute Gasteiger partial charge is 0.319 e. The van der Waals surface area contributed by atoms with Crippen LogP contribution in [0.2, 0.25) is 0 Å². The third kappa shape index (κ3) is 8.10. The molecule has 0 saturated heterocycles. The van der Waals surface area contributed by atoms with E-state index >= 15 is 0 Å². The lowest BCUT2D eigenvalue weighted by atomic mass is 10.2. The van der Waals surface area contributed by atoms with Gasteiger partial charge in [-0.05, 0) is 37.1 Å². The van der Waals surface area contributed by atoms with Gasteiger partial charge in [0.1, 0.15) is 0 Å². The van der Waals surface area contributed by atoms with Crippen molar-refractivity contribution in [3.05, 3.63) is 24.3 Å². The number of isocyanates is 1. The van der Waals surface area contributed by atoms with Crippen molar-refractivity contribution in [2.24, 2.45) is 10.1 Å². The molecule has 0 aliphatic heterocycles. The quantitative estimate of drug-likeness (QED) is 0.356. The number of amides is 2. The molecule has 23 heavy (non-hydrogen) atoms. The summed E-state index contributed by atoms with van der Waals surface area (Å²) < 4.78 is 22.2. The number of rotatable bonds is 9. The van der Waals surface area contributed by atoms with E-state index in [9.17, 15) is 18.0 Å². The lowest BCUT2D eigenvalue weighted by molar-refractivity contribution is 0.252. The molecule has 0 bridgehead atoms. The predicted octanol–water partition coefficient (Wildman–Crippen LogP) is 1.35. The Kier molecular flexibility index (Phi) is 7.96. The average molecular weight is 340 g/mol. The monoisotopic (exact) mass is 340 g/mol. The summed E-state index contributed by atoms with van der Waals surface area (Å²) >= 11 is 0. The maximum absolute atomic E-state index is 11.6. The zero-order valence-electron chi connectivity index (χ0n) is 12.6. The Bertz CT molecular complexity index is 652. The SMILES string of the molecule is NS(=O)(=O)c1ccc(NC(=O)NCCCCCCN=C=O)cc1. The standard InChI is InChI=1S/C14H20N4O4S/c15-23(21,22)13-7-5-12(6-8-13)18-14(20)17-10-4-2-1-3-9-16-11-19/h5-8H,1-4,9-10H2,(H2,15,21,22)(H2,17,18,20). The molecule has 4 N–H and O–H groups in total. The molecule has 8 nitrogen and oxygen atoms in total. The number of primary sulfonamides is 1. The molecule has 126 valence electrons. The number of anilines is 1. The second-order valence-corrected chi connectivity index (χ2v) is 6.40. The molecule has 2 amide bonds. The van der Waals surface area contributed by atoms with E-state index in [0.717, 1.165) is 25.7 Å². The fourth-order valence-electron chi connectivity index (χ4n) is 1.82. The molecule has 1 aromatic carbocycles. The predicted molar refractivity (Wildman–Crippen MR) is 86.3 cm³/mol. The van der Waals surface area contributed by atoms with Crippen LogP contribution in [0, 0.1) is 0 Å². The minimum atomic E-state index is -3.73. The van der Waals surface area contributed by atoms with Crippen molar-refractivity contribution in [3.63, 3.8) is 0 Å². The van der Waals surface area contributed by atoms with Gasteiger partial charge >= 0.3 is 6.03 Å². The van der Waals surface area contributed by atoms with E-state index in [1.54, 1.807) is 0 Å². The van der Waals surface area contributed by atoms with Gasteiger partial charge in [0, 0.05) is 12.2 Å². The molecule has 0 spiro atoms. The van der Waals surface area contributed by atoms with Crippen molar-refractivity contribution in [3.8, 4) is 0 Å². The Labute approximate surface area is 135 Å². The Balaban J connectivity index is 2.22. The van der Waals surface area contributed by atoms with Crippen molar-refractivity contribution < 1.29 is 18.0 Å². The summed E-state index contributed by atoms with van der Waals surface area (Å²) in [6.45, 7) is 1.02. The van der Waals surface area contributed by atoms with E-state index in [0.29, 0.717) is 18.8 Å². The van der Waals surface area contributed by atoms with E-state index in [4.69, 9.17) is 5.14 Å².